The van der Waals surface area contributed by atoms with Crippen LogP contribution in [0.25, 0.3) is 10.9 Å². The monoisotopic (exact) mass is 246 g/mol. The lowest BCUT2D eigenvalue weighted by atomic mass is 10.2. The lowest BCUT2D eigenvalue weighted by Crippen LogP contribution is -2.26. The molecule has 0 aliphatic heterocycles. The Labute approximate surface area is 107 Å². The number of ether oxygens (including phenoxy) is 1. The van der Waals surface area contributed by atoms with Gasteiger partial charge in [0, 0.05) is 31.8 Å². The van der Waals surface area contributed by atoms with E-state index in [-0.39, 0.29) is 5.91 Å². The number of hydrogen-bond donors (Lipinski definition) is 1. The smallest absolute Gasteiger partial charge is 0.219 e. The van der Waals surface area contributed by atoms with Crippen LogP contribution >= 0.6 is 0 Å². The lowest BCUT2D eigenvalue weighted by molar-refractivity contribution is -0.120. The van der Waals surface area contributed by atoms with Crippen molar-refractivity contribution in [1.29, 1.82) is 0 Å². The number of benzene rings is 1. The molecule has 0 spiro atoms. The van der Waals surface area contributed by atoms with E-state index in [0.717, 1.165) is 17.8 Å². The standard InChI is InChI=1S/C14H18N2O2/c1-3-14(17)15-7-9-16-8-6-11-4-5-12(18-2)10-13(11)16/h4-6,8,10H,3,7,9H2,1-2H3,(H,15,17). The molecular formula is C14H18N2O2. The van der Waals surface area contributed by atoms with Gasteiger partial charge in [-0.2, -0.15) is 0 Å². The van der Waals surface area contributed by atoms with Crippen LogP contribution in [0.2, 0.25) is 0 Å². The van der Waals surface area contributed by atoms with Crippen molar-refractivity contribution in [1.82, 2.24) is 9.88 Å². The Morgan fingerprint density at radius 3 is 2.94 bits per heavy atom. The number of nitrogens with zero attached hydrogens (tertiary/aromatic N) is 1. The van der Waals surface area contributed by atoms with E-state index in [2.05, 4.69) is 16.0 Å². The second kappa shape index (κ2) is 5.58. The van der Waals surface area contributed by atoms with Gasteiger partial charge in [0.05, 0.1) is 12.6 Å². The average Bonchev–Trinajstić information content (AvgIpc) is 2.81. The first-order valence-corrected chi connectivity index (χ1v) is 6.14. The van der Waals surface area contributed by atoms with Crippen LogP contribution in [0, 0.1) is 0 Å². The molecule has 4 heteroatoms. The van der Waals surface area contributed by atoms with Gasteiger partial charge in [-0.1, -0.05) is 6.92 Å². The number of methoxy groups -OCH3 is 1. The molecule has 0 saturated carbocycles. The fraction of sp³-hybridized carbons (Fsp3) is 0.357. The van der Waals surface area contributed by atoms with Crippen LogP contribution in [0.5, 0.6) is 5.75 Å². The predicted octanol–water partition coefficient (Wildman–Crippen LogP) is 2.18. The summed E-state index contributed by atoms with van der Waals surface area (Å²) in [6.45, 7) is 3.27. The van der Waals surface area contributed by atoms with Gasteiger partial charge >= 0.3 is 0 Å². The number of rotatable bonds is 5. The quantitative estimate of drug-likeness (QED) is 0.878. The van der Waals surface area contributed by atoms with E-state index in [1.807, 2.05) is 31.3 Å². The summed E-state index contributed by atoms with van der Waals surface area (Å²) in [7, 11) is 1.66. The van der Waals surface area contributed by atoms with Gasteiger partial charge < -0.3 is 14.6 Å². The van der Waals surface area contributed by atoms with Crippen LogP contribution in [0.1, 0.15) is 13.3 Å². The van der Waals surface area contributed by atoms with Gasteiger partial charge in [-0.25, -0.2) is 0 Å². The Bertz CT molecular complexity index is 546. The summed E-state index contributed by atoms with van der Waals surface area (Å²) in [4.78, 5) is 11.2. The van der Waals surface area contributed by atoms with Crippen molar-refractivity contribution in [2.45, 2.75) is 19.9 Å². The molecule has 96 valence electrons. The third-order valence-electron chi connectivity index (χ3n) is 2.98. The van der Waals surface area contributed by atoms with Crippen molar-refractivity contribution in [3.63, 3.8) is 0 Å². The van der Waals surface area contributed by atoms with Gasteiger partial charge in [0.1, 0.15) is 5.75 Å². The Morgan fingerprint density at radius 2 is 2.22 bits per heavy atom. The predicted molar refractivity (Wildman–Crippen MR) is 71.8 cm³/mol. The summed E-state index contributed by atoms with van der Waals surface area (Å²) >= 11 is 0. The Hall–Kier alpha value is -1.97. The molecule has 0 atom stereocenters. The van der Waals surface area contributed by atoms with Crippen molar-refractivity contribution >= 4 is 16.8 Å². The number of hydrogen-bond acceptors (Lipinski definition) is 2. The highest BCUT2D eigenvalue weighted by Gasteiger charge is 2.03. The number of carbonyl (C=O) groups is 1. The highest BCUT2D eigenvalue weighted by Crippen LogP contribution is 2.21. The first-order chi connectivity index (χ1) is 8.74. The molecule has 0 unspecified atom stereocenters. The zero-order chi connectivity index (χ0) is 13.0. The molecule has 4 nitrogen and oxygen atoms in total. The molecule has 18 heavy (non-hydrogen) atoms. The molecule has 1 aromatic carbocycles. The maximum atomic E-state index is 11.2. The molecule has 0 radical (unpaired) electrons. The SMILES string of the molecule is CCC(=O)NCCn1ccc2ccc(OC)cc21. The van der Waals surface area contributed by atoms with Gasteiger partial charge in [0.15, 0.2) is 0 Å². The van der Waals surface area contributed by atoms with E-state index < -0.39 is 0 Å². The molecule has 0 saturated heterocycles. The Kier molecular flexibility index (Phi) is 3.87. The van der Waals surface area contributed by atoms with E-state index in [1.165, 1.54) is 5.39 Å². The fourth-order valence-electron chi connectivity index (χ4n) is 1.93. The molecule has 1 aromatic heterocycles. The zero-order valence-electron chi connectivity index (χ0n) is 10.8. The fourth-order valence-corrected chi connectivity index (χ4v) is 1.93. The number of aromatic nitrogens is 1. The summed E-state index contributed by atoms with van der Waals surface area (Å²) in [6.07, 6.45) is 2.56. The third-order valence-corrected chi connectivity index (χ3v) is 2.98. The zero-order valence-corrected chi connectivity index (χ0v) is 10.8. The van der Waals surface area contributed by atoms with Gasteiger partial charge in [0.25, 0.3) is 0 Å². The highest BCUT2D eigenvalue weighted by atomic mass is 16.5. The molecule has 1 heterocycles. The first kappa shape index (κ1) is 12.5. The first-order valence-electron chi connectivity index (χ1n) is 6.14. The van der Waals surface area contributed by atoms with Crippen molar-refractivity contribution < 1.29 is 9.53 Å². The normalized spacial score (nSPS) is 10.6. The average molecular weight is 246 g/mol. The van der Waals surface area contributed by atoms with E-state index in [1.54, 1.807) is 7.11 Å². The second-order valence-corrected chi connectivity index (χ2v) is 4.14. The summed E-state index contributed by atoms with van der Waals surface area (Å²) < 4.78 is 7.34. The summed E-state index contributed by atoms with van der Waals surface area (Å²) in [6, 6.07) is 8.06. The summed E-state index contributed by atoms with van der Waals surface area (Å²) in [5.41, 5.74) is 1.13. The number of fused-ring (bicyclic) bond motifs is 1. The van der Waals surface area contributed by atoms with Crippen LogP contribution in [0.4, 0.5) is 0 Å². The van der Waals surface area contributed by atoms with Crippen LogP contribution in [-0.4, -0.2) is 24.1 Å². The Morgan fingerprint density at radius 1 is 1.39 bits per heavy atom. The van der Waals surface area contributed by atoms with Crippen molar-refractivity contribution in [2.75, 3.05) is 13.7 Å². The van der Waals surface area contributed by atoms with Gasteiger partial charge in [-0.05, 0) is 23.6 Å². The molecule has 1 amide bonds. The van der Waals surface area contributed by atoms with E-state index >= 15 is 0 Å². The van der Waals surface area contributed by atoms with Crippen LogP contribution in [0.3, 0.4) is 0 Å². The molecular weight excluding hydrogens is 228 g/mol. The van der Waals surface area contributed by atoms with Crippen LogP contribution < -0.4 is 10.1 Å². The molecule has 2 aromatic rings. The lowest BCUT2D eigenvalue weighted by Gasteiger charge is -2.07. The van der Waals surface area contributed by atoms with Gasteiger partial charge in [-0.15, -0.1) is 0 Å². The van der Waals surface area contributed by atoms with Crippen molar-refractivity contribution in [3.05, 3.63) is 30.5 Å². The molecule has 0 bridgehead atoms. The minimum absolute atomic E-state index is 0.0871. The molecule has 1 N–H and O–H groups in total. The van der Waals surface area contributed by atoms with E-state index in [4.69, 9.17) is 4.74 Å². The maximum Gasteiger partial charge on any atom is 0.219 e. The minimum atomic E-state index is 0.0871. The van der Waals surface area contributed by atoms with Crippen molar-refractivity contribution in [2.24, 2.45) is 0 Å². The van der Waals surface area contributed by atoms with Crippen LogP contribution in [-0.2, 0) is 11.3 Å². The minimum Gasteiger partial charge on any atom is -0.497 e. The largest absolute Gasteiger partial charge is 0.497 e. The number of amides is 1. The van der Waals surface area contributed by atoms with Crippen molar-refractivity contribution in [3.8, 4) is 5.75 Å². The second-order valence-electron chi connectivity index (χ2n) is 4.14. The summed E-state index contributed by atoms with van der Waals surface area (Å²) in [5, 5.41) is 4.05. The topological polar surface area (TPSA) is 43.3 Å². The Balaban J connectivity index is 2.10. The van der Waals surface area contributed by atoms with E-state index in [9.17, 15) is 4.79 Å². The molecule has 2 rings (SSSR count). The van der Waals surface area contributed by atoms with Crippen LogP contribution in [0.15, 0.2) is 30.5 Å². The summed E-state index contributed by atoms with van der Waals surface area (Å²) in [5.74, 6) is 0.934. The van der Waals surface area contributed by atoms with Gasteiger partial charge in [0.2, 0.25) is 5.91 Å². The van der Waals surface area contributed by atoms with Gasteiger partial charge in [-0.3, -0.25) is 4.79 Å². The van der Waals surface area contributed by atoms with E-state index in [0.29, 0.717) is 13.0 Å². The molecule has 0 fully saturated rings. The number of carbonyl (C=O) groups excluding carboxylic acids is 1. The number of nitrogens with one attached hydrogen (secondary N) is 1. The maximum absolute atomic E-state index is 11.2. The third kappa shape index (κ3) is 2.64. The molecule has 0 aliphatic rings. The highest BCUT2D eigenvalue weighted by molar-refractivity contribution is 5.81. The molecule has 0 aliphatic carbocycles.